The largest absolute Gasteiger partial charge is 0.463 e. The predicted molar refractivity (Wildman–Crippen MR) is 62.3 cm³/mol. The van der Waals surface area contributed by atoms with Gasteiger partial charge in [0, 0.05) is 13.1 Å². The summed E-state index contributed by atoms with van der Waals surface area (Å²) in [5, 5.41) is 0. The summed E-state index contributed by atoms with van der Waals surface area (Å²) in [6, 6.07) is 0. The summed E-state index contributed by atoms with van der Waals surface area (Å²) in [6.45, 7) is 10.3. The normalized spacial score (nSPS) is 23.1. The number of carbonyl (C=O) groups is 1. The molecular formula is C12H23NO3. The van der Waals surface area contributed by atoms with Crippen LogP contribution in [0.15, 0.2) is 0 Å². The van der Waals surface area contributed by atoms with Gasteiger partial charge in [0.15, 0.2) is 0 Å². The van der Waals surface area contributed by atoms with Gasteiger partial charge in [-0.1, -0.05) is 0 Å². The Morgan fingerprint density at radius 2 is 2.19 bits per heavy atom. The molecule has 0 radical (unpaired) electrons. The Bertz CT molecular complexity index is 213. The molecule has 0 N–H and O–H groups in total. The Hall–Kier alpha value is -0.610. The Balaban J connectivity index is 2.19. The van der Waals surface area contributed by atoms with E-state index in [9.17, 15) is 4.79 Å². The summed E-state index contributed by atoms with van der Waals surface area (Å²) in [5.74, 6) is 0. The maximum absolute atomic E-state index is 10.3. The highest BCUT2D eigenvalue weighted by Crippen LogP contribution is 2.13. The second kappa shape index (κ2) is 6.21. The highest BCUT2D eigenvalue weighted by molar-refractivity contribution is 5.37. The molecule has 1 aliphatic heterocycles. The third-order valence-corrected chi connectivity index (χ3v) is 2.65. The second-order valence-corrected chi connectivity index (χ2v) is 5.26. The molecule has 0 aromatic rings. The van der Waals surface area contributed by atoms with Gasteiger partial charge in [-0.15, -0.1) is 0 Å². The number of nitrogens with zero attached hydrogens (tertiary/aromatic N) is 1. The van der Waals surface area contributed by atoms with Gasteiger partial charge in [0.25, 0.3) is 6.47 Å². The molecule has 1 unspecified atom stereocenters. The van der Waals surface area contributed by atoms with E-state index in [4.69, 9.17) is 9.47 Å². The first kappa shape index (κ1) is 13.5. The predicted octanol–water partition coefficient (Wildman–Crippen LogP) is 1.44. The quantitative estimate of drug-likeness (QED) is 0.669. The summed E-state index contributed by atoms with van der Waals surface area (Å²) in [4.78, 5) is 12.6. The highest BCUT2D eigenvalue weighted by atomic mass is 16.5. The first-order valence-corrected chi connectivity index (χ1v) is 5.97. The van der Waals surface area contributed by atoms with E-state index in [2.05, 4.69) is 25.7 Å². The Morgan fingerprint density at radius 3 is 2.81 bits per heavy atom. The number of hydrogen-bond acceptors (Lipinski definition) is 4. The van der Waals surface area contributed by atoms with Gasteiger partial charge in [-0.05, 0) is 40.2 Å². The van der Waals surface area contributed by atoms with Crippen molar-refractivity contribution < 1.29 is 14.3 Å². The van der Waals surface area contributed by atoms with Crippen LogP contribution in [0.4, 0.5) is 0 Å². The summed E-state index contributed by atoms with van der Waals surface area (Å²) in [5.41, 5.74) is -0.0749. The van der Waals surface area contributed by atoms with E-state index in [1.54, 1.807) is 0 Å². The molecule has 1 fully saturated rings. The van der Waals surface area contributed by atoms with E-state index >= 15 is 0 Å². The van der Waals surface area contributed by atoms with Gasteiger partial charge in [-0.2, -0.15) is 0 Å². The van der Waals surface area contributed by atoms with Crippen molar-refractivity contribution in [1.82, 2.24) is 4.90 Å². The summed E-state index contributed by atoms with van der Waals surface area (Å²) in [7, 11) is 0. The lowest BCUT2D eigenvalue weighted by Gasteiger charge is -2.32. The zero-order chi connectivity index (χ0) is 12.0. The number of hydrogen-bond donors (Lipinski definition) is 0. The fourth-order valence-electron chi connectivity index (χ4n) is 1.89. The van der Waals surface area contributed by atoms with E-state index < -0.39 is 0 Å². The van der Waals surface area contributed by atoms with Crippen LogP contribution in [0.2, 0.25) is 0 Å². The lowest BCUT2D eigenvalue weighted by Crippen LogP contribution is -2.41. The van der Waals surface area contributed by atoms with Crippen LogP contribution in [-0.2, 0) is 14.3 Å². The molecule has 4 heteroatoms. The minimum atomic E-state index is -0.0749. The minimum absolute atomic E-state index is 0.0703. The maximum atomic E-state index is 10.3. The molecule has 0 saturated carbocycles. The average molecular weight is 229 g/mol. The second-order valence-electron chi connectivity index (χ2n) is 5.26. The molecule has 1 rings (SSSR count). The van der Waals surface area contributed by atoms with Crippen LogP contribution >= 0.6 is 0 Å². The molecular weight excluding hydrogens is 206 g/mol. The fourth-order valence-corrected chi connectivity index (χ4v) is 1.89. The van der Waals surface area contributed by atoms with Gasteiger partial charge < -0.3 is 9.47 Å². The zero-order valence-corrected chi connectivity index (χ0v) is 10.6. The van der Waals surface area contributed by atoms with Crippen molar-refractivity contribution in [2.75, 3.05) is 26.2 Å². The lowest BCUT2D eigenvalue weighted by atomic mass is 10.1. The Kier molecular flexibility index (Phi) is 5.22. The number of rotatable bonds is 5. The van der Waals surface area contributed by atoms with Gasteiger partial charge >= 0.3 is 0 Å². The SMILES string of the molecule is CC(C)(C)OCCN1CCCC(OC=O)C1. The third kappa shape index (κ3) is 5.47. The molecule has 4 nitrogen and oxygen atoms in total. The lowest BCUT2D eigenvalue weighted by molar-refractivity contribution is -0.136. The summed E-state index contributed by atoms with van der Waals surface area (Å²) in [6.07, 6.45) is 2.14. The first-order chi connectivity index (χ1) is 7.51. The first-order valence-electron chi connectivity index (χ1n) is 5.97. The average Bonchev–Trinajstić information content (AvgIpc) is 2.17. The van der Waals surface area contributed by atoms with Crippen LogP contribution in [-0.4, -0.2) is 49.3 Å². The van der Waals surface area contributed by atoms with Gasteiger partial charge in [-0.25, -0.2) is 0 Å². The number of carbonyl (C=O) groups excluding carboxylic acids is 1. The summed E-state index contributed by atoms with van der Waals surface area (Å²) >= 11 is 0. The topological polar surface area (TPSA) is 38.8 Å². The van der Waals surface area contributed by atoms with Gasteiger partial charge in [-0.3, -0.25) is 9.69 Å². The monoisotopic (exact) mass is 229 g/mol. The van der Waals surface area contributed by atoms with Crippen molar-refractivity contribution in [3.05, 3.63) is 0 Å². The number of likely N-dealkylation sites (tertiary alicyclic amines) is 1. The standard InChI is InChI=1S/C12H23NO3/c1-12(2,3)16-8-7-13-6-4-5-11(9-13)15-10-14/h10-11H,4-9H2,1-3H3. The van der Waals surface area contributed by atoms with Gasteiger partial charge in [0.05, 0.1) is 12.2 Å². The van der Waals surface area contributed by atoms with Crippen LogP contribution in [0.5, 0.6) is 0 Å². The van der Waals surface area contributed by atoms with Crippen molar-refractivity contribution in [3.63, 3.8) is 0 Å². The minimum Gasteiger partial charge on any atom is -0.463 e. The van der Waals surface area contributed by atoms with Crippen molar-refractivity contribution in [2.45, 2.75) is 45.3 Å². The number of ether oxygens (including phenoxy) is 2. The van der Waals surface area contributed by atoms with Crippen LogP contribution in [0.25, 0.3) is 0 Å². The number of piperidine rings is 1. The molecule has 1 atom stereocenters. The van der Waals surface area contributed by atoms with Crippen molar-refractivity contribution in [2.24, 2.45) is 0 Å². The molecule has 1 aliphatic rings. The van der Waals surface area contributed by atoms with Crippen LogP contribution in [0, 0.1) is 0 Å². The van der Waals surface area contributed by atoms with E-state index in [-0.39, 0.29) is 11.7 Å². The van der Waals surface area contributed by atoms with Crippen LogP contribution < -0.4 is 0 Å². The highest BCUT2D eigenvalue weighted by Gasteiger charge is 2.20. The van der Waals surface area contributed by atoms with E-state index in [0.717, 1.165) is 39.1 Å². The zero-order valence-electron chi connectivity index (χ0n) is 10.6. The summed E-state index contributed by atoms with van der Waals surface area (Å²) < 4.78 is 10.7. The fraction of sp³-hybridized carbons (Fsp3) is 0.917. The molecule has 94 valence electrons. The molecule has 0 spiro atoms. The Labute approximate surface area is 97.9 Å². The molecule has 0 aliphatic carbocycles. The van der Waals surface area contributed by atoms with E-state index in [1.165, 1.54) is 0 Å². The van der Waals surface area contributed by atoms with Crippen molar-refractivity contribution in [3.8, 4) is 0 Å². The van der Waals surface area contributed by atoms with Crippen molar-refractivity contribution in [1.29, 1.82) is 0 Å². The molecule has 0 bridgehead atoms. The van der Waals surface area contributed by atoms with E-state index in [1.807, 2.05) is 0 Å². The molecule has 0 aromatic heterocycles. The maximum Gasteiger partial charge on any atom is 0.293 e. The van der Waals surface area contributed by atoms with Crippen molar-refractivity contribution >= 4 is 6.47 Å². The van der Waals surface area contributed by atoms with Crippen LogP contribution in [0.1, 0.15) is 33.6 Å². The smallest absolute Gasteiger partial charge is 0.293 e. The molecule has 1 saturated heterocycles. The molecule has 1 heterocycles. The van der Waals surface area contributed by atoms with Crippen LogP contribution in [0.3, 0.4) is 0 Å². The molecule has 16 heavy (non-hydrogen) atoms. The van der Waals surface area contributed by atoms with Gasteiger partial charge in [0.1, 0.15) is 6.10 Å². The Morgan fingerprint density at radius 1 is 1.44 bits per heavy atom. The molecule has 0 amide bonds. The molecule has 0 aromatic carbocycles. The van der Waals surface area contributed by atoms with Gasteiger partial charge in [0.2, 0.25) is 0 Å². The third-order valence-electron chi connectivity index (χ3n) is 2.65. The van der Waals surface area contributed by atoms with E-state index in [0.29, 0.717) is 6.47 Å².